The molecule has 0 atom stereocenters. The molecular weight excluding hydrogens is 296 g/mol. The van der Waals surface area contributed by atoms with Crippen molar-refractivity contribution in [3.05, 3.63) is 29.3 Å². The lowest BCUT2D eigenvalue weighted by atomic mass is 10.3. The number of hydrogen-bond acceptors (Lipinski definition) is 3. The van der Waals surface area contributed by atoms with Crippen molar-refractivity contribution in [2.24, 2.45) is 0 Å². The summed E-state index contributed by atoms with van der Waals surface area (Å²) in [6.45, 7) is 4.00. The lowest BCUT2D eigenvalue weighted by Gasteiger charge is -2.21. The van der Waals surface area contributed by atoms with E-state index in [1.807, 2.05) is 13.8 Å². The van der Waals surface area contributed by atoms with Crippen LogP contribution < -0.4 is 10.2 Å². The van der Waals surface area contributed by atoms with Crippen molar-refractivity contribution in [2.75, 3.05) is 24.6 Å². The van der Waals surface area contributed by atoms with Crippen LogP contribution in [0, 0.1) is 0 Å². The van der Waals surface area contributed by atoms with E-state index in [1.54, 1.807) is 18.2 Å². The van der Waals surface area contributed by atoms with Crippen LogP contribution in [0.15, 0.2) is 24.3 Å². The number of carbonyl (C=O) groups excluding carboxylic acids is 1. The number of carboxylic acid groups (broad SMARTS) is 1. The number of halogens is 1. The van der Waals surface area contributed by atoms with Crippen LogP contribution in [0.4, 0.5) is 10.5 Å². The highest BCUT2D eigenvalue weighted by molar-refractivity contribution is 6.30. The van der Waals surface area contributed by atoms with Crippen LogP contribution in [0.25, 0.3) is 0 Å². The number of carbonyl (C=O) groups is 2. The second kappa shape index (κ2) is 8.49. The molecule has 0 spiro atoms. The first-order chi connectivity index (χ1) is 9.90. The van der Waals surface area contributed by atoms with Gasteiger partial charge in [0, 0.05) is 17.3 Å². The fraction of sp³-hybridized carbons (Fsp3) is 0.429. The molecule has 1 aromatic rings. The van der Waals surface area contributed by atoms with Gasteiger partial charge in [-0.1, -0.05) is 17.7 Å². The molecule has 7 heteroatoms. The number of carboxylic acids is 1. The van der Waals surface area contributed by atoms with E-state index in [1.165, 1.54) is 6.07 Å². The molecule has 0 bridgehead atoms. The number of nitrogens with one attached hydrogen (secondary N) is 1. The molecule has 2 amide bonds. The van der Waals surface area contributed by atoms with Crippen molar-refractivity contribution in [1.82, 2.24) is 5.32 Å². The van der Waals surface area contributed by atoms with Crippen molar-refractivity contribution >= 4 is 29.3 Å². The molecule has 0 aliphatic rings. The standard InChI is InChI=1S/C14H19ClN2O4/c1-10(2)21-7-6-16-14(20)17(9-13(18)19)12-5-3-4-11(15)8-12/h3-5,8,10H,6-7,9H2,1-2H3,(H,16,20)(H,18,19). The molecule has 116 valence electrons. The van der Waals surface area contributed by atoms with Gasteiger partial charge in [0.2, 0.25) is 0 Å². The summed E-state index contributed by atoms with van der Waals surface area (Å²) in [5.74, 6) is -1.11. The van der Waals surface area contributed by atoms with Gasteiger partial charge < -0.3 is 15.2 Å². The van der Waals surface area contributed by atoms with Gasteiger partial charge in [0.25, 0.3) is 0 Å². The number of ether oxygens (including phenoxy) is 1. The SMILES string of the molecule is CC(C)OCCNC(=O)N(CC(=O)O)c1cccc(Cl)c1. The maximum absolute atomic E-state index is 12.1. The molecule has 21 heavy (non-hydrogen) atoms. The van der Waals surface area contributed by atoms with E-state index in [9.17, 15) is 9.59 Å². The number of hydrogen-bond donors (Lipinski definition) is 2. The Kier molecular flexibility index (Phi) is 6.98. The quantitative estimate of drug-likeness (QED) is 0.757. The first-order valence-electron chi connectivity index (χ1n) is 6.54. The Hall–Kier alpha value is -1.79. The first kappa shape index (κ1) is 17.3. The third kappa shape index (κ3) is 6.46. The largest absolute Gasteiger partial charge is 0.480 e. The fourth-order valence-corrected chi connectivity index (χ4v) is 1.79. The zero-order chi connectivity index (χ0) is 15.8. The van der Waals surface area contributed by atoms with Crippen LogP contribution in [0.1, 0.15) is 13.8 Å². The predicted molar refractivity (Wildman–Crippen MR) is 80.9 cm³/mol. The second-order valence-electron chi connectivity index (χ2n) is 4.61. The first-order valence-corrected chi connectivity index (χ1v) is 6.92. The summed E-state index contributed by atoms with van der Waals surface area (Å²) >= 11 is 5.87. The molecule has 0 radical (unpaired) electrons. The van der Waals surface area contributed by atoms with Gasteiger partial charge in [-0.15, -0.1) is 0 Å². The Balaban J connectivity index is 2.69. The van der Waals surface area contributed by atoms with Crippen LogP contribution in [0.3, 0.4) is 0 Å². The van der Waals surface area contributed by atoms with Gasteiger partial charge >= 0.3 is 12.0 Å². The summed E-state index contributed by atoms with van der Waals surface area (Å²) in [6.07, 6.45) is 0.0740. The Labute approximate surface area is 128 Å². The van der Waals surface area contributed by atoms with Crippen molar-refractivity contribution < 1.29 is 19.4 Å². The monoisotopic (exact) mass is 314 g/mol. The Bertz CT molecular complexity index is 494. The number of aliphatic carboxylic acids is 1. The van der Waals surface area contributed by atoms with E-state index in [0.717, 1.165) is 4.90 Å². The highest BCUT2D eigenvalue weighted by atomic mass is 35.5. The molecule has 0 heterocycles. The van der Waals surface area contributed by atoms with Gasteiger partial charge in [0.1, 0.15) is 6.54 Å². The number of benzene rings is 1. The van der Waals surface area contributed by atoms with E-state index < -0.39 is 18.5 Å². The van der Waals surface area contributed by atoms with E-state index in [2.05, 4.69) is 5.32 Å². The number of rotatable bonds is 7. The van der Waals surface area contributed by atoms with Gasteiger partial charge in [-0.25, -0.2) is 4.79 Å². The van der Waals surface area contributed by atoms with Gasteiger partial charge in [0.05, 0.1) is 12.7 Å². The maximum Gasteiger partial charge on any atom is 0.323 e. The molecule has 1 rings (SSSR count). The smallest absolute Gasteiger partial charge is 0.323 e. The third-order valence-electron chi connectivity index (χ3n) is 2.49. The zero-order valence-corrected chi connectivity index (χ0v) is 12.8. The lowest BCUT2D eigenvalue weighted by Crippen LogP contribution is -2.44. The minimum Gasteiger partial charge on any atom is -0.480 e. The summed E-state index contributed by atoms with van der Waals surface area (Å²) in [5.41, 5.74) is 0.423. The summed E-state index contributed by atoms with van der Waals surface area (Å²) in [6, 6.07) is 5.96. The normalized spacial score (nSPS) is 10.5. The summed E-state index contributed by atoms with van der Waals surface area (Å²) < 4.78 is 5.31. The van der Waals surface area contributed by atoms with E-state index in [0.29, 0.717) is 23.9 Å². The molecule has 1 aromatic carbocycles. The average molecular weight is 315 g/mol. The number of urea groups is 1. The minimum atomic E-state index is -1.11. The van der Waals surface area contributed by atoms with Crippen LogP contribution in [-0.4, -0.2) is 42.9 Å². The van der Waals surface area contributed by atoms with Crippen molar-refractivity contribution in [3.8, 4) is 0 Å². The highest BCUT2D eigenvalue weighted by Gasteiger charge is 2.18. The molecule has 6 nitrogen and oxygen atoms in total. The van der Waals surface area contributed by atoms with E-state index >= 15 is 0 Å². The van der Waals surface area contributed by atoms with Gasteiger partial charge in [-0.2, -0.15) is 0 Å². The summed E-state index contributed by atoms with van der Waals surface area (Å²) in [7, 11) is 0. The molecule has 0 aliphatic heterocycles. The lowest BCUT2D eigenvalue weighted by molar-refractivity contribution is -0.135. The Morgan fingerprint density at radius 1 is 1.43 bits per heavy atom. The summed E-state index contributed by atoms with van der Waals surface area (Å²) in [5, 5.41) is 12.0. The van der Waals surface area contributed by atoms with Crippen LogP contribution in [-0.2, 0) is 9.53 Å². The fourth-order valence-electron chi connectivity index (χ4n) is 1.61. The van der Waals surface area contributed by atoms with E-state index in [4.69, 9.17) is 21.4 Å². The van der Waals surface area contributed by atoms with Crippen molar-refractivity contribution in [2.45, 2.75) is 20.0 Å². The third-order valence-corrected chi connectivity index (χ3v) is 2.72. The van der Waals surface area contributed by atoms with Crippen LogP contribution >= 0.6 is 11.6 Å². The van der Waals surface area contributed by atoms with Crippen molar-refractivity contribution in [1.29, 1.82) is 0 Å². The second-order valence-corrected chi connectivity index (χ2v) is 5.05. The van der Waals surface area contributed by atoms with Gasteiger partial charge in [-0.05, 0) is 32.0 Å². The number of amides is 2. The molecule has 0 fully saturated rings. The van der Waals surface area contributed by atoms with Crippen molar-refractivity contribution in [3.63, 3.8) is 0 Å². The Morgan fingerprint density at radius 2 is 2.14 bits per heavy atom. The predicted octanol–water partition coefficient (Wildman–Crippen LogP) is 2.37. The topological polar surface area (TPSA) is 78.9 Å². The van der Waals surface area contributed by atoms with Crippen LogP contribution in [0.2, 0.25) is 5.02 Å². The maximum atomic E-state index is 12.1. The zero-order valence-electron chi connectivity index (χ0n) is 12.0. The minimum absolute atomic E-state index is 0.0740. The molecule has 2 N–H and O–H groups in total. The van der Waals surface area contributed by atoms with E-state index in [-0.39, 0.29) is 6.10 Å². The van der Waals surface area contributed by atoms with Crippen LogP contribution in [0.5, 0.6) is 0 Å². The molecule has 0 unspecified atom stereocenters. The molecule has 0 saturated heterocycles. The highest BCUT2D eigenvalue weighted by Crippen LogP contribution is 2.19. The Morgan fingerprint density at radius 3 is 2.71 bits per heavy atom. The number of anilines is 1. The molecule has 0 aliphatic carbocycles. The molecule has 0 aromatic heterocycles. The number of nitrogens with zero attached hydrogens (tertiary/aromatic N) is 1. The molecule has 0 saturated carbocycles. The summed E-state index contributed by atoms with van der Waals surface area (Å²) in [4.78, 5) is 24.1. The van der Waals surface area contributed by atoms with Gasteiger partial charge in [-0.3, -0.25) is 9.69 Å². The van der Waals surface area contributed by atoms with Gasteiger partial charge in [0.15, 0.2) is 0 Å². The average Bonchev–Trinajstić information content (AvgIpc) is 2.40. The molecular formula is C14H19ClN2O4.